The van der Waals surface area contributed by atoms with Crippen LogP contribution in [0.15, 0.2) is 24.3 Å². The Hall–Kier alpha value is -0.860. The predicted molar refractivity (Wildman–Crippen MR) is 69.2 cm³/mol. The van der Waals surface area contributed by atoms with Crippen molar-refractivity contribution < 1.29 is 9.84 Å². The molecule has 94 valence electrons. The van der Waals surface area contributed by atoms with E-state index in [-0.39, 0.29) is 12.0 Å². The highest BCUT2D eigenvalue weighted by Gasteiger charge is 2.26. The van der Waals surface area contributed by atoms with Crippen LogP contribution in [-0.2, 0) is 11.2 Å². The number of ether oxygens (including phenoxy) is 1. The first-order valence-corrected chi connectivity index (χ1v) is 6.66. The highest BCUT2D eigenvalue weighted by molar-refractivity contribution is 5.33. The molecule has 0 bridgehead atoms. The molecule has 1 aromatic carbocycles. The van der Waals surface area contributed by atoms with Crippen molar-refractivity contribution in [1.82, 2.24) is 0 Å². The SMILES string of the molecule is CCCOCC(O)C1CCCc2ccccc21. The van der Waals surface area contributed by atoms with E-state index in [0.29, 0.717) is 6.61 Å². The molecular formula is C15H22O2. The summed E-state index contributed by atoms with van der Waals surface area (Å²) in [5.74, 6) is 0.261. The molecule has 0 heterocycles. The van der Waals surface area contributed by atoms with E-state index in [9.17, 15) is 5.11 Å². The summed E-state index contributed by atoms with van der Waals surface area (Å²) < 4.78 is 5.46. The van der Waals surface area contributed by atoms with Gasteiger partial charge in [0.1, 0.15) is 0 Å². The van der Waals surface area contributed by atoms with Crippen LogP contribution in [0.1, 0.15) is 43.2 Å². The summed E-state index contributed by atoms with van der Waals surface area (Å²) in [5.41, 5.74) is 2.73. The van der Waals surface area contributed by atoms with Gasteiger partial charge in [0, 0.05) is 12.5 Å². The number of aliphatic hydroxyl groups is 1. The summed E-state index contributed by atoms with van der Waals surface area (Å²) >= 11 is 0. The van der Waals surface area contributed by atoms with Crippen LogP contribution in [-0.4, -0.2) is 24.4 Å². The predicted octanol–water partition coefficient (Wildman–Crippen LogP) is 2.89. The number of aryl methyl sites for hydroxylation is 1. The fraction of sp³-hybridized carbons (Fsp3) is 0.600. The fourth-order valence-corrected chi connectivity index (χ4v) is 2.66. The Morgan fingerprint density at radius 2 is 2.24 bits per heavy atom. The minimum absolute atomic E-state index is 0.261. The van der Waals surface area contributed by atoms with E-state index in [1.807, 2.05) is 0 Å². The Bertz CT molecular complexity index is 349. The maximum absolute atomic E-state index is 10.2. The quantitative estimate of drug-likeness (QED) is 0.794. The maximum atomic E-state index is 10.2. The Morgan fingerprint density at radius 3 is 3.06 bits per heavy atom. The maximum Gasteiger partial charge on any atom is 0.0842 e. The Labute approximate surface area is 104 Å². The number of hydrogen-bond acceptors (Lipinski definition) is 2. The van der Waals surface area contributed by atoms with E-state index in [4.69, 9.17) is 4.74 Å². The van der Waals surface area contributed by atoms with Crippen LogP contribution in [0.5, 0.6) is 0 Å². The molecule has 0 saturated carbocycles. The van der Waals surface area contributed by atoms with E-state index >= 15 is 0 Å². The minimum Gasteiger partial charge on any atom is -0.390 e. The van der Waals surface area contributed by atoms with Gasteiger partial charge in [-0.05, 0) is 36.8 Å². The van der Waals surface area contributed by atoms with Crippen molar-refractivity contribution in [3.63, 3.8) is 0 Å². The lowest BCUT2D eigenvalue weighted by molar-refractivity contribution is 0.0194. The van der Waals surface area contributed by atoms with E-state index in [2.05, 4.69) is 31.2 Å². The number of benzene rings is 1. The lowest BCUT2D eigenvalue weighted by Gasteiger charge is -2.29. The Kier molecular flexibility index (Phi) is 4.57. The standard InChI is InChI=1S/C15H22O2/c1-2-10-17-11-15(16)14-9-5-7-12-6-3-4-8-13(12)14/h3-4,6,8,14-16H,2,5,7,9-11H2,1H3. The van der Waals surface area contributed by atoms with Gasteiger partial charge in [0.25, 0.3) is 0 Å². The third-order valence-electron chi connectivity index (χ3n) is 3.52. The monoisotopic (exact) mass is 234 g/mol. The summed E-state index contributed by atoms with van der Waals surface area (Å²) in [6, 6.07) is 8.49. The molecule has 2 heteroatoms. The zero-order chi connectivity index (χ0) is 12.1. The third kappa shape index (κ3) is 3.08. The summed E-state index contributed by atoms with van der Waals surface area (Å²) in [5, 5.41) is 10.2. The number of fused-ring (bicyclic) bond motifs is 1. The average molecular weight is 234 g/mol. The van der Waals surface area contributed by atoms with Gasteiger partial charge in [-0.25, -0.2) is 0 Å². The van der Waals surface area contributed by atoms with Crippen LogP contribution in [0.2, 0.25) is 0 Å². The zero-order valence-corrected chi connectivity index (χ0v) is 10.6. The molecule has 2 unspecified atom stereocenters. The normalized spacial score (nSPS) is 20.9. The van der Waals surface area contributed by atoms with Gasteiger partial charge in [0.2, 0.25) is 0 Å². The first-order valence-electron chi connectivity index (χ1n) is 6.66. The van der Waals surface area contributed by atoms with Gasteiger partial charge < -0.3 is 9.84 Å². The van der Waals surface area contributed by atoms with Crippen molar-refractivity contribution in [3.8, 4) is 0 Å². The number of rotatable bonds is 5. The van der Waals surface area contributed by atoms with Crippen LogP contribution >= 0.6 is 0 Å². The van der Waals surface area contributed by atoms with Gasteiger partial charge >= 0.3 is 0 Å². The van der Waals surface area contributed by atoms with E-state index in [0.717, 1.165) is 25.9 Å². The summed E-state index contributed by atoms with van der Waals surface area (Å²) in [4.78, 5) is 0. The van der Waals surface area contributed by atoms with E-state index < -0.39 is 0 Å². The second-order valence-corrected chi connectivity index (χ2v) is 4.84. The molecule has 2 nitrogen and oxygen atoms in total. The third-order valence-corrected chi connectivity index (χ3v) is 3.52. The molecule has 1 aliphatic carbocycles. The van der Waals surface area contributed by atoms with E-state index in [1.54, 1.807) is 0 Å². The largest absolute Gasteiger partial charge is 0.390 e. The zero-order valence-electron chi connectivity index (χ0n) is 10.6. The van der Waals surface area contributed by atoms with Crippen molar-refractivity contribution >= 4 is 0 Å². The van der Waals surface area contributed by atoms with Crippen LogP contribution < -0.4 is 0 Å². The molecule has 0 fully saturated rings. The molecule has 1 N–H and O–H groups in total. The summed E-state index contributed by atoms with van der Waals surface area (Å²) in [6.45, 7) is 3.29. The Balaban J connectivity index is 2.02. The van der Waals surface area contributed by atoms with Crippen LogP contribution in [0, 0.1) is 0 Å². The van der Waals surface area contributed by atoms with Crippen LogP contribution in [0.4, 0.5) is 0 Å². The van der Waals surface area contributed by atoms with Gasteiger partial charge in [-0.2, -0.15) is 0 Å². The molecule has 1 aliphatic rings. The highest BCUT2D eigenvalue weighted by atomic mass is 16.5. The first-order chi connectivity index (χ1) is 8.33. The lowest BCUT2D eigenvalue weighted by atomic mass is 9.80. The summed E-state index contributed by atoms with van der Waals surface area (Å²) in [7, 11) is 0. The van der Waals surface area contributed by atoms with Gasteiger partial charge in [0.05, 0.1) is 12.7 Å². The molecule has 0 spiro atoms. The molecule has 0 amide bonds. The van der Waals surface area contributed by atoms with E-state index in [1.165, 1.54) is 17.5 Å². The van der Waals surface area contributed by atoms with Crippen molar-refractivity contribution in [2.75, 3.05) is 13.2 Å². The fourth-order valence-electron chi connectivity index (χ4n) is 2.66. The first kappa shape index (κ1) is 12.6. The van der Waals surface area contributed by atoms with Gasteiger partial charge in [-0.15, -0.1) is 0 Å². The molecule has 2 rings (SSSR count). The lowest BCUT2D eigenvalue weighted by Crippen LogP contribution is -2.27. The van der Waals surface area contributed by atoms with Crippen molar-refractivity contribution in [2.45, 2.75) is 44.6 Å². The van der Waals surface area contributed by atoms with Crippen molar-refractivity contribution in [1.29, 1.82) is 0 Å². The van der Waals surface area contributed by atoms with Crippen LogP contribution in [0.3, 0.4) is 0 Å². The minimum atomic E-state index is -0.358. The summed E-state index contributed by atoms with van der Waals surface area (Å²) in [6.07, 6.45) is 4.05. The number of hydrogen-bond donors (Lipinski definition) is 1. The molecule has 0 saturated heterocycles. The second kappa shape index (κ2) is 6.18. The van der Waals surface area contributed by atoms with Gasteiger partial charge in [-0.3, -0.25) is 0 Å². The molecule has 0 aromatic heterocycles. The second-order valence-electron chi connectivity index (χ2n) is 4.84. The molecule has 2 atom stereocenters. The molecule has 0 aliphatic heterocycles. The number of aliphatic hydroxyl groups excluding tert-OH is 1. The topological polar surface area (TPSA) is 29.5 Å². The highest BCUT2D eigenvalue weighted by Crippen LogP contribution is 2.33. The molecule has 1 aromatic rings. The molecule has 0 radical (unpaired) electrons. The average Bonchev–Trinajstić information content (AvgIpc) is 2.38. The van der Waals surface area contributed by atoms with Crippen molar-refractivity contribution in [2.24, 2.45) is 0 Å². The smallest absolute Gasteiger partial charge is 0.0842 e. The molecular weight excluding hydrogens is 212 g/mol. The van der Waals surface area contributed by atoms with Crippen molar-refractivity contribution in [3.05, 3.63) is 35.4 Å². The Morgan fingerprint density at radius 1 is 1.41 bits per heavy atom. The van der Waals surface area contributed by atoms with Crippen LogP contribution in [0.25, 0.3) is 0 Å². The molecule has 17 heavy (non-hydrogen) atoms. The van der Waals surface area contributed by atoms with Gasteiger partial charge in [-0.1, -0.05) is 31.2 Å². The van der Waals surface area contributed by atoms with Gasteiger partial charge in [0.15, 0.2) is 0 Å².